The zero-order valence-corrected chi connectivity index (χ0v) is 18.1. The minimum atomic E-state index is -1.12. The molecule has 0 saturated carbocycles. The highest BCUT2D eigenvalue weighted by molar-refractivity contribution is 9.10. The van der Waals surface area contributed by atoms with Gasteiger partial charge in [-0.3, -0.25) is 0 Å². The average molecular weight is 505 g/mol. The Balaban J connectivity index is 1.54. The van der Waals surface area contributed by atoms with Crippen LogP contribution in [-0.2, 0) is 16.1 Å². The number of hydrogen-bond acceptors (Lipinski definition) is 4. The zero-order valence-electron chi connectivity index (χ0n) is 15.7. The predicted octanol–water partition coefficient (Wildman–Crippen LogP) is 6.30. The average Bonchev–Trinajstić information content (AvgIpc) is 3.10. The molecule has 0 fully saturated rings. The lowest BCUT2D eigenvalue weighted by Crippen LogP contribution is -2.07. The van der Waals surface area contributed by atoms with Crippen molar-refractivity contribution in [1.82, 2.24) is 0 Å². The van der Waals surface area contributed by atoms with Gasteiger partial charge in [-0.2, -0.15) is 0 Å². The molecule has 4 rings (SSSR count). The first-order valence-electron chi connectivity index (χ1n) is 9.04. The number of cyclic esters (lactones) is 1. The standard InChI is InChI=1S/C23H13BrClF2NO3/c24-15-6-4-13(5-7-15)12-30-16-3-1-2-14(8-16)9-21-23(29)31-22(28-21)17-10-19(26)20(27)11-18(17)25/h1-11H,12H2/b21-9-. The third-order valence-electron chi connectivity index (χ3n) is 4.34. The highest BCUT2D eigenvalue weighted by atomic mass is 79.9. The molecule has 0 atom stereocenters. The van der Waals surface area contributed by atoms with Gasteiger partial charge in [0.15, 0.2) is 17.3 Å². The molecule has 156 valence electrons. The summed E-state index contributed by atoms with van der Waals surface area (Å²) in [5.74, 6) is -2.53. The van der Waals surface area contributed by atoms with E-state index in [9.17, 15) is 13.6 Å². The van der Waals surface area contributed by atoms with E-state index < -0.39 is 17.6 Å². The van der Waals surface area contributed by atoms with Crippen LogP contribution in [0.3, 0.4) is 0 Å². The number of hydrogen-bond donors (Lipinski definition) is 0. The first-order valence-corrected chi connectivity index (χ1v) is 10.2. The molecule has 8 heteroatoms. The summed E-state index contributed by atoms with van der Waals surface area (Å²) in [4.78, 5) is 16.3. The minimum Gasteiger partial charge on any atom is -0.489 e. The Morgan fingerprint density at radius 3 is 2.58 bits per heavy atom. The van der Waals surface area contributed by atoms with Crippen molar-refractivity contribution < 1.29 is 23.0 Å². The van der Waals surface area contributed by atoms with E-state index in [1.54, 1.807) is 24.3 Å². The van der Waals surface area contributed by atoms with Gasteiger partial charge in [-0.25, -0.2) is 18.6 Å². The Morgan fingerprint density at radius 1 is 1.06 bits per heavy atom. The van der Waals surface area contributed by atoms with Gasteiger partial charge in [0.05, 0.1) is 10.6 Å². The van der Waals surface area contributed by atoms with Crippen LogP contribution >= 0.6 is 27.5 Å². The molecule has 0 saturated heterocycles. The monoisotopic (exact) mass is 503 g/mol. The summed E-state index contributed by atoms with van der Waals surface area (Å²) in [6.07, 6.45) is 1.51. The third kappa shape index (κ3) is 5.00. The number of esters is 1. The SMILES string of the molecule is O=C1OC(c2cc(F)c(F)cc2Cl)=N/C1=C\c1cccc(OCc2ccc(Br)cc2)c1. The first kappa shape index (κ1) is 21.2. The molecule has 1 heterocycles. The second-order valence-corrected chi connectivity index (χ2v) is 7.89. The Bertz CT molecular complexity index is 1230. The maximum absolute atomic E-state index is 13.6. The van der Waals surface area contributed by atoms with Gasteiger partial charge >= 0.3 is 5.97 Å². The summed E-state index contributed by atoms with van der Waals surface area (Å²) >= 11 is 9.32. The van der Waals surface area contributed by atoms with Crippen molar-refractivity contribution in [1.29, 1.82) is 0 Å². The van der Waals surface area contributed by atoms with E-state index in [-0.39, 0.29) is 22.2 Å². The smallest absolute Gasteiger partial charge is 0.363 e. The number of halogens is 4. The van der Waals surface area contributed by atoms with Crippen molar-refractivity contribution in [2.75, 3.05) is 0 Å². The molecular weight excluding hydrogens is 492 g/mol. The predicted molar refractivity (Wildman–Crippen MR) is 117 cm³/mol. The van der Waals surface area contributed by atoms with E-state index in [1.165, 1.54) is 6.08 Å². The van der Waals surface area contributed by atoms with E-state index in [2.05, 4.69) is 20.9 Å². The second kappa shape index (κ2) is 8.99. The molecule has 0 N–H and O–H groups in total. The highest BCUT2D eigenvalue weighted by Crippen LogP contribution is 2.26. The van der Waals surface area contributed by atoms with Crippen molar-refractivity contribution in [2.45, 2.75) is 6.61 Å². The molecule has 0 amide bonds. The van der Waals surface area contributed by atoms with Crippen LogP contribution in [0.1, 0.15) is 16.7 Å². The van der Waals surface area contributed by atoms with Gasteiger partial charge in [-0.1, -0.05) is 51.8 Å². The normalized spacial score (nSPS) is 14.5. The molecule has 0 aromatic heterocycles. The lowest BCUT2D eigenvalue weighted by Gasteiger charge is -2.07. The lowest BCUT2D eigenvalue weighted by atomic mass is 10.2. The highest BCUT2D eigenvalue weighted by Gasteiger charge is 2.26. The van der Waals surface area contributed by atoms with Crippen LogP contribution in [0.25, 0.3) is 6.08 Å². The molecule has 1 aliphatic heterocycles. The number of rotatable bonds is 5. The van der Waals surface area contributed by atoms with Crippen LogP contribution < -0.4 is 4.74 Å². The van der Waals surface area contributed by atoms with Crippen molar-refractivity contribution in [3.05, 3.63) is 104 Å². The fourth-order valence-corrected chi connectivity index (χ4v) is 3.31. The van der Waals surface area contributed by atoms with Crippen molar-refractivity contribution in [3.63, 3.8) is 0 Å². The van der Waals surface area contributed by atoms with E-state index in [0.717, 1.165) is 22.2 Å². The molecule has 3 aromatic rings. The van der Waals surface area contributed by atoms with Crippen LogP contribution in [0.4, 0.5) is 8.78 Å². The summed E-state index contributed by atoms with van der Waals surface area (Å²) in [7, 11) is 0. The molecule has 3 aromatic carbocycles. The van der Waals surface area contributed by atoms with Crippen LogP contribution in [0.2, 0.25) is 5.02 Å². The Kier molecular flexibility index (Phi) is 6.15. The topological polar surface area (TPSA) is 47.9 Å². The van der Waals surface area contributed by atoms with Gasteiger partial charge in [0.1, 0.15) is 12.4 Å². The quantitative estimate of drug-likeness (QED) is 0.233. The van der Waals surface area contributed by atoms with Gasteiger partial charge in [0.2, 0.25) is 5.90 Å². The van der Waals surface area contributed by atoms with Crippen molar-refractivity contribution >= 4 is 45.5 Å². The summed E-state index contributed by atoms with van der Waals surface area (Å²) in [5.41, 5.74) is 1.65. The Labute approximate surface area is 189 Å². The number of benzene rings is 3. The summed E-state index contributed by atoms with van der Waals surface area (Å²) < 4.78 is 38.7. The van der Waals surface area contributed by atoms with Crippen LogP contribution in [0, 0.1) is 11.6 Å². The second-order valence-electron chi connectivity index (χ2n) is 6.57. The minimum absolute atomic E-state index is 0.000796. The summed E-state index contributed by atoms with van der Waals surface area (Å²) in [6, 6.07) is 16.5. The van der Waals surface area contributed by atoms with E-state index in [0.29, 0.717) is 17.9 Å². The van der Waals surface area contributed by atoms with Gasteiger partial charge in [-0.05, 0) is 53.6 Å². The van der Waals surface area contributed by atoms with Gasteiger partial charge in [0, 0.05) is 4.47 Å². The molecule has 31 heavy (non-hydrogen) atoms. The summed E-state index contributed by atoms with van der Waals surface area (Å²) in [6.45, 7) is 0.381. The largest absolute Gasteiger partial charge is 0.489 e. The molecule has 0 aliphatic carbocycles. The molecular formula is C23H13BrClF2NO3. The molecule has 0 bridgehead atoms. The Morgan fingerprint density at radius 2 is 1.81 bits per heavy atom. The van der Waals surface area contributed by atoms with Gasteiger partial charge in [0.25, 0.3) is 0 Å². The molecule has 1 aliphatic rings. The molecule has 0 spiro atoms. The fourth-order valence-electron chi connectivity index (χ4n) is 2.81. The molecule has 0 unspecified atom stereocenters. The van der Waals surface area contributed by atoms with Crippen LogP contribution in [0.15, 0.2) is 75.8 Å². The van der Waals surface area contributed by atoms with Gasteiger partial charge in [-0.15, -0.1) is 0 Å². The number of carbonyl (C=O) groups excluding carboxylic acids is 1. The molecule has 0 radical (unpaired) electrons. The van der Waals surface area contributed by atoms with Crippen LogP contribution in [0.5, 0.6) is 5.75 Å². The van der Waals surface area contributed by atoms with Crippen LogP contribution in [-0.4, -0.2) is 11.9 Å². The molecule has 4 nitrogen and oxygen atoms in total. The zero-order chi connectivity index (χ0) is 22.0. The Hall–Kier alpha value is -3.03. The van der Waals surface area contributed by atoms with E-state index >= 15 is 0 Å². The number of ether oxygens (including phenoxy) is 2. The number of carbonyl (C=O) groups is 1. The number of nitrogens with zero attached hydrogens (tertiary/aromatic N) is 1. The lowest BCUT2D eigenvalue weighted by molar-refractivity contribution is -0.129. The maximum Gasteiger partial charge on any atom is 0.363 e. The maximum atomic E-state index is 13.6. The van der Waals surface area contributed by atoms with E-state index in [1.807, 2.05) is 24.3 Å². The van der Waals surface area contributed by atoms with E-state index in [4.69, 9.17) is 21.1 Å². The third-order valence-corrected chi connectivity index (χ3v) is 5.18. The van der Waals surface area contributed by atoms with Crippen molar-refractivity contribution in [2.24, 2.45) is 4.99 Å². The first-order chi connectivity index (χ1) is 14.9. The number of aliphatic imine (C=N–C) groups is 1. The van der Waals surface area contributed by atoms with Gasteiger partial charge < -0.3 is 9.47 Å². The fraction of sp³-hybridized carbons (Fsp3) is 0.0435. The van der Waals surface area contributed by atoms with Crippen molar-refractivity contribution in [3.8, 4) is 5.75 Å². The summed E-state index contributed by atoms with van der Waals surface area (Å²) in [5, 5.41) is -0.116.